The van der Waals surface area contributed by atoms with Gasteiger partial charge in [-0.15, -0.1) is 11.3 Å². The second kappa shape index (κ2) is 6.08. The molecule has 2 heterocycles. The molecule has 2 N–H and O–H groups in total. The molecule has 1 atom stereocenters. The summed E-state index contributed by atoms with van der Waals surface area (Å²) in [6.07, 6.45) is 1.47. The second-order valence-corrected chi connectivity index (χ2v) is 7.78. The fourth-order valence-corrected chi connectivity index (χ4v) is 3.93. The van der Waals surface area contributed by atoms with Gasteiger partial charge in [-0.2, -0.15) is 4.72 Å². The summed E-state index contributed by atoms with van der Waals surface area (Å²) in [5.74, 6) is -1.12. The van der Waals surface area contributed by atoms with E-state index in [1.54, 1.807) is 6.07 Å². The number of thiophene rings is 1. The SMILES string of the molecule is CC(C)C[C@@H](NS(=O)(=O)c1cnc2ccsc2c1)C(=O)O. The van der Waals surface area contributed by atoms with Gasteiger partial charge in [-0.25, -0.2) is 8.42 Å². The number of nitrogens with one attached hydrogen (secondary N) is 1. The highest BCUT2D eigenvalue weighted by Crippen LogP contribution is 2.22. The molecule has 0 saturated heterocycles. The van der Waals surface area contributed by atoms with Crippen molar-refractivity contribution < 1.29 is 18.3 Å². The topological polar surface area (TPSA) is 96.4 Å². The van der Waals surface area contributed by atoms with Gasteiger partial charge in [0.25, 0.3) is 0 Å². The van der Waals surface area contributed by atoms with Gasteiger partial charge in [0.1, 0.15) is 10.9 Å². The highest BCUT2D eigenvalue weighted by Gasteiger charge is 2.26. The van der Waals surface area contributed by atoms with Crippen LogP contribution in [0.3, 0.4) is 0 Å². The fraction of sp³-hybridized carbons (Fsp3) is 0.385. The molecule has 8 heteroatoms. The normalized spacial score (nSPS) is 13.7. The van der Waals surface area contributed by atoms with Crippen molar-refractivity contribution in [3.8, 4) is 0 Å². The Labute approximate surface area is 126 Å². The van der Waals surface area contributed by atoms with Gasteiger partial charge in [0.15, 0.2) is 0 Å². The van der Waals surface area contributed by atoms with Crippen LogP contribution in [0, 0.1) is 5.92 Å². The number of aliphatic carboxylic acids is 1. The summed E-state index contributed by atoms with van der Waals surface area (Å²) in [5.41, 5.74) is 0.718. The molecular formula is C13H16N2O4S2. The standard InChI is InChI=1S/C13H16N2O4S2/c1-8(2)5-11(13(16)17)15-21(18,19)9-6-12-10(14-7-9)3-4-20-12/h3-4,6-8,11,15H,5H2,1-2H3,(H,16,17)/t11-/m1/s1. The van der Waals surface area contributed by atoms with Crippen LogP contribution in [-0.4, -0.2) is 30.5 Å². The number of carboxylic acid groups (broad SMARTS) is 1. The minimum atomic E-state index is -3.91. The van der Waals surface area contributed by atoms with Gasteiger partial charge in [0.2, 0.25) is 10.0 Å². The highest BCUT2D eigenvalue weighted by molar-refractivity contribution is 7.89. The smallest absolute Gasteiger partial charge is 0.321 e. The molecule has 0 spiro atoms. The first-order valence-corrected chi connectivity index (χ1v) is 8.74. The molecule has 0 aliphatic heterocycles. The van der Waals surface area contributed by atoms with Crippen molar-refractivity contribution in [2.75, 3.05) is 0 Å². The Morgan fingerprint density at radius 1 is 1.48 bits per heavy atom. The summed E-state index contributed by atoms with van der Waals surface area (Å²) < 4.78 is 27.5. The molecule has 0 amide bonds. The lowest BCUT2D eigenvalue weighted by Gasteiger charge is -2.16. The van der Waals surface area contributed by atoms with Crippen molar-refractivity contribution >= 4 is 37.5 Å². The van der Waals surface area contributed by atoms with E-state index in [1.165, 1.54) is 23.6 Å². The first-order valence-electron chi connectivity index (χ1n) is 6.38. The fourth-order valence-electron chi connectivity index (χ4n) is 1.90. The zero-order valence-corrected chi connectivity index (χ0v) is 13.2. The van der Waals surface area contributed by atoms with Gasteiger partial charge in [0, 0.05) is 6.20 Å². The number of carbonyl (C=O) groups is 1. The minimum Gasteiger partial charge on any atom is -0.480 e. The van der Waals surface area contributed by atoms with E-state index in [1.807, 2.05) is 19.2 Å². The van der Waals surface area contributed by atoms with Crippen LogP contribution in [0.4, 0.5) is 0 Å². The van der Waals surface area contributed by atoms with Crippen LogP contribution in [0.15, 0.2) is 28.6 Å². The van der Waals surface area contributed by atoms with Gasteiger partial charge in [-0.1, -0.05) is 13.8 Å². The van der Waals surface area contributed by atoms with Crippen LogP contribution >= 0.6 is 11.3 Å². The molecule has 114 valence electrons. The van der Waals surface area contributed by atoms with Crippen molar-refractivity contribution in [2.24, 2.45) is 5.92 Å². The predicted molar refractivity (Wildman–Crippen MR) is 80.8 cm³/mol. The molecule has 0 aliphatic carbocycles. The maximum atomic E-state index is 12.3. The second-order valence-electron chi connectivity index (χ2n) is 5.12. The predicted octanol–water partition coefficient (Wildman–Crippen LogP) is 2.07. The van der Waals surface area contributed by atoms with Crippen molar-refractivity contribution in [3.63, 3.8) is 0 Å². The summed E-state index contributed by atoms with van der Waals surface area (Å²) in [6.45, 7) is 3.67. The van der Waals surface area contributed by atoms with Crippen LogP contribution < -0.4 is 4.72 Å². The van der Waals surface area contributed by atoms with Gasteiger partial charge in [0.05, 0.1) is 10.2 Å². The Morgan fingerprint density at radius 2 is 2.19 bits per heavy atom. The van der Waals surface area contributed by atoms with Crippen LogP contribution in [0.5, 0.6) is 0 Å². The molecule has 0 aromatic carbocycles. The summed E-state index contributed by atoms with van der Waals surface area (Å²) in [5, 5.41) is 11.0. The van der Waals surface area contributed by atoms with E-state index in [9.17, 15) is 13.2 Å². The highest BCUT2D eigenvalue weighted by atomic mass is 32.2. The Balaban J connectivity index is 2.29. The third kappa shape index (κ3) is 3.78. The number of sulfonamides is 1. The van der Waals surface area contributed by atoms with Gasteiger partial charge in [-0.3, -0.25) is 9.78 Å². The van der Waals surface area contributed by atoms with Crippen LogP contribution in [0.25, 0.3) is 10.2 Å². The molecule has 0 radical (unpaired) electrons. The van der Waals surface area contributed by atoms with Gasteiger partial charge < -0.3 is 5.11 Å². The van der Waals surface area contributed by atoms with E-state index in [0.29, 0.717) is 0 Å². The largest absolute Gasteiger partial charge is 0.480 e. The Morgan fingerprint density at radius 3 is 2.81 bits per heavy atom. The van der Waals surface area contributed by atoms with E-state index < -0.39 is 22.0 Å². The zero-order chi connectivity index (χ0) is 15.6. The number of fused-ring (bicyclic) bond motifs is 1. The number of pyridine rings is 1. The molecule has 0 unspecified atom stereocenters. The molecule has 2 aromatic rings. The van der Waals surface area contributed by atoms with Gasteiger partial charge in [-0.05, 0) is 29.9 Å². The third-order valence-corrected chi connectivity index (χ3v) is 5.18. The van der Waals surface area contributed by atoms with Crippen LogP contribution in [0.1, 0.15) is 20.3 Å². The molecule has 6 nitrogen and oxygen atoms in total. The lowest BCUT2D eigenvalue weighted by atomic mass is 10.1. The maximum absolute atomic E-state index is 12.3. The van der Waals surface area contributed by atoms with Crippen molar-refractivity contribution in [1.82, 2.24) is 9.71 Å². The summed E-state index contributed by atoms with van der Waals surface area (Å²) in [4.78, 5) is 15.2. The Kier molecular flexibility index (Phi) is 4.60. The minimum absolute atomic E-state index is 0.0209. The number of hydrogen-bond acceptors (Lipinski definition) is 5. The molecule has 0 aliphatic rings. The van der Waals surface area contributed by atoms with Crippen molar-refractivity contribution in [2.45, 2.75) is 31.2 Å². The lowest BCUT2D eigenvalue weighted by Crippen LogP contribution is -2.41. The first-order chi connectivity index (χ1) is 9.79. The molecule has 2 aromatic heterocycles. The third-order valence-electron chi connectivity index (χ3n) is 2.89. The van der Waals surface area contributed by atoms with E-state index in [-0.39, 0.29) is 17.2 Å². The maximum Gasteiger partial charge on any atom is 0.321 e. The quantitative estimate of drug-likeness (QED) is 0.846. The van der Waals surface area contributed by atoms with E-state index in [2.05, 4.69) is 9.71 Å². The van der Waals surface area contributed by atoms with Crippen LogP contribution in [0.2, 0.25) is 0 Å². The van der Waals surface area contributed by atoms with E-state index >= 15 is 0 Å². The monoisotopic (exact) mass is 328 g/mol. The molecule has 0 saturated carbocycles. The van der Waals surface area contributed by atoms with Crippen LogP contribution in [-0.2, 0) is 14.8 Å². The average Bonchev–Trinajstić information content (AvgIpc) is 2.84. The number of carboxylic acids is 1. The van der Waals surface area contributed by atoms with Gasteiger partial charge >= 0.3 is 5.97 Å². The number of hydrogen-bond donors (Lipinski definition) is 2. The van der Waals surface area contributed by atoms with E-state index in [4.69, 9.17) is 5.11 Å². The van der Waals surface area contributed by atoms with E-state index in [0.717, 1.165) is 10.2 Å². The number of rotatable bonds is 6. The summed E-state index contributed by atoms with van der Waals surface area (Å²) in [6, 6.07) is 2.15. The molecule has 21 heavy (non-hydrogen) atoms. The first kappa shape index (κ1) is 15.9. The Hall–Kier alpha value is -1.51. The molecule has 0 fully saturated rings. The van der Waals surface area contributed by atoms with Crippen molar-refractivity contribution in [1.29, 1.82) is 0 Å². The number of nitrogens with zero attached hydrogens (tertiary/aromatic N) is 1. The lowest BCUT2D eigenvalue weighted by molar-refractivity contribution is -0.139. The molecular weight excluding hydrogens is 312 g/mol. The summed E-state index contributed by atoms with van der Waals surface area (Å²) >= 11 is 1.38. The average molecular weight is 328 g/mol. The summed E-state index contributed by atoms with van der Waals surface area (Å²) in [7, 11) is -3.91. The number of aromatic nitrogens is 1. The Bertz CT molecular complexity index is 752. The molecule has 2 rings (SSSR count). The molecule has 0 bridgehead atoms. The van der Waals surface area contributed by atoms with Crippen molar-refractivity contribution in [3.05, 3.63) is 23.7 Å². The zero-order valence-electron chi connectivity index (χ0n) is 11.6.